The van der Waals surface area contributed by atoms with E-state index >= 15 is 0 Å². The van der Waals surface area contributed by atoms with Crippen LogP contribution < -0.4 is 4.90 Å². The molecule has 1 atom stereocenters. The van der Waals surface area contributed by atoms with Crippen LogP contribution in [0.5, 0.6) is 0 Å². The van der Waals surface area contributed by atoms with Crippen LogP contribution in [0.3, 0.4) is 0 Å². The number of hydrogen-bond donors (Lipinski definition) is 0. The van der Waals surface area contributed by atoms with Gasteiger partial charge in [0.05, 0.1) is 12.3 Å². The highest BCUT2D eigenvalue weighted by atomic mass is 16.5. The number of piperazine rings is 1. The zero-order valence-corrected chi connectivity index (χ0v) is 14.7. The fraction of sp³-hybridized carbons (Fsp3) is 0.706. The molecule has 1 aromatic heterocycles. The van der Waals surface area contributed by atoms with Crippen LogP contribution in [0, 0.1) is 25.2 Å². The molecule has 1 aromatic rings. The summed E-state index contributed by atoms with van der Waals surface area (Å²) in [5.41, 5.74) is 2.42. The number of hydrogen-bond acceptors (Lipinski definition) is 6. The van der Waals surface area contributed by atoms with Crippen LogP contribution >= 0.6 is 0 Å². The quantitative estimate of drug-likeness (QED) is 0.747. The molecule has 0 saturated carbocycles. The normalized spacial score (nSPS) is 18.9. The van der Waals surface area contributed by atoms with Gasteiger partial charge in [-0.25, -0.2) is 0 Å². The second-order valence-corrected chi connectivity index (χ2v) is 5.96. The zero-order chi connectivity index (χ0) is 16.8. The highest BCUT2D eigenvalue weighted by molar-refractivity contribution is 5.57. The van der Waals surface area contributed by atoms with Crippen LogP contribution in [-0.4, -0.2) is 60.5 Å². The highest BCUT2D eigenvalue weighted by Gasteiger charge is 2.28. The molecule has 0 bridgehead atoms. The largest absolute Gasteiger partial charge is 0.380 e. The summed E-state index contributed by atoms with van der Waals surface area (Å²) in [5, 5.41) is 18.0. The number of rotatable bonds is 6. The van der Waals surface area contributed by atoms with Gasteiger partial charge in [-0.1, -0.05) is 6.92 Å². The van der Waals surface area contributed by atoms with E-state index in [1.165, 1.54) is 0 Å². The number of anilines is 1. The number of nitrogens with zero attached hydrogens (tertiary/aromatic N) is 5. The molecule has 1 fully saturated rings. The van der Waals surface area contributed by atoms with Gasteiger partial charge in [0.25, 0.3) is 0 Å². The Balaban J connectivity index is 2.12. The molecule has 1 aliphatic rings. The van der Waals surface area contributed by atoms with Gasteiger partial charge >= 0.3 is 0 Å². The lowest BCUT2D eigenvalue weighted by molar-refractivity contribution is 0.0868. The van der Waals surface area contributed by atoms with Crippen molar-refractivity contribution in [3.63, 3.8) is 0 Å². The summed E-state index contributed by atoms with van der Waals surface area (Å²) in [6.45, 7) is 13.3. The first-order chi connectivity index (χ1) is 11.1. The second-order valence-electron chi connectivity index (χ2n) is 5.96. The minimum atomic E-state index is 0.458. The van der Waals surface area contributed by atoms with Gasteiger partial charge in [0.2, 0.25) is 0 Å². The average Bonchev–Trinajstić information content (AvgIpc) is 2.57. The van der Waals surface area contributed by atoms with Crippen LogP contribution in [0.15, 0.2) is 0 Å². The number of ether oxygens (including phenoxy) is 1. The first-order valence-electron chi connectivity index (χ1n) is 8.43. The molecule has 0 spiro atoms. The van der Waals surface area contributed by atoms with Crippen molar-refractivity contribution in [3.8, 4) is 6.07 Å². The molecule has 126 valence electrons. The smallest absolute Gasteiger partial charge is 0.169 e. The molecule has 6 nitrogen and oxygen atoms in total. The minimum absolute atomic E-state index is 0.458. The van der Waals surface area contributed by atoms with E-state index < -0.39 is 0 Å². The Labute approximate surface area is 139 Å². The Morgan fingerprint density at radius 2 is 2.04 bits per heavy atom. The summed E-state index contributed by atoms with van der Waals surface area (Å²) in [6, 6.07) is 2.77. The van der Waals surface area contributed by atoms with E-state index in [0.29, 0.717) is 11.6 Å². The Hall–Kier alpha value is -1.71. The van der Waals surface area contributed by atoms with Gasteiger partial charge in [-0.15, -0.1) is 5.10 Å². The summed E-state index contributed by atoms with van der Waals surface area (Å²) >= 11 is 0. The van der Waals surface area contributed by atoms with Crippen molar-refractivity contribution in [2.45, 2.75) is 40.2 Å². The van der Waals surface area contributed by atoms with E-state index in [-0.39, 0.29) is 0 Å². The van der Waals surface area contributed by atoms with Crippen molar-refractivity contribution in [3.05, 3.63) is 16.8 Å². The van der Waals surface area contributed by atoms with Gasteiger partial charge in [0.15, 0.2) is 5.82 Å². The van der Waals surface area contributed by atoms with Gasteiger partial charge in [-0.3, -0.25) is 4.90 Å². The third-order valence-corrected chi connectivity index (χ3v) is 4.65. The van der Waals surface area contributed by atoms with Gasteiger partial charge in [0.1, 0.15) is 11.6 Å². The minimum Gasteiger partial charge on any atom is -0.380 e. The SMILES string of the molecule is CCOCCN1CCN(c2nnc(C)c(C)c2C#N)CC1CC. The van der Waals surface area contributed by atoms with E-state index in [0.717, 1.165) is 62.9 Å². The molecule has 2 rings (SSSR count). The van der Waals surface area contributed by atoms with Crippen LogP contribution in [0.4, 0.5) is 5.82 Å². The van der Waals surface area contributed by atoms with E-state index in [1.54, 1.807) is 0 Å². The van der Waals surface area contributed by atoms with Crippen molar-refractivity contribution in [2.75, 3.05) is 44.3 Å². The fourth-order valence-corrected chi connectivity index (χ4v) is 3.04. The molecule has 0 amide bonds. The molecular weight excluding hydrogens is 290 g/mol. The Bertz CT molecular complexity index is 569. The first kappa shape index (κ1) is 17.6. The number of nitriles is 1. The molecule has 1 unspecified atom stereocenters. The van der Waals surface area contributed by atoms with E-state index in [4.69, 9.17) is 4.74 Å². The zero-order valence-electron chi connectivity index (χ0n) is 14.7. The Morgan fingerprint density at radius 1 is 1.26 bits per heavy atom. The van der Waals surface area contributed by atoms with Gasteiger partial charge < -0.3 is 9.64 Å². The molecular formula is C17H27N5O. The predicted molar refractivity (Wildman–Crippen MR) is 90.6 cm³/mol. The summed E-state index contributed by atoms with van der Waals surface area (Å²) < 4.78 is 5.49. The van der Waals surface area contributed by atoms with Crippen LogP contribution in [0.1, 0.15) is 37.1 Å². The monoisotopic (exact) mass is 317 g/mol. The predicted octanol–water partition coefficient (Wildman–Crippen LogP) is 1.90. The molecule has 0 aliphatic carbocycles. The van der Waals surface area contributed by atoms with E-state index in [9.17, 15) is 5.26 Å². The van der Waals surface area contributed by atoms with E-state index in [2.05, 4.69) is 33.0 Å². The Kier molecular flexibility index (Phi) is 6.31. The highest BCUT2D eigenvalue weighted by Crippen LogP contribution is 2.24. The standard InChI is InChI=1S/C17H27N5O/c1-5-15-12-22(8-7-21(15)9-10-23-6-2)17-16(11-18)13(3)14(4)19-20-17/h15H,5-10,12H2,1-4H3. The molecule has 0 aromatic carbocycles. The van der Waals surface area contributed by atoms with Gasteiger partial charge in [-0.2, -0.15) is 10.4 Å². The topological polar surface area (TPSA) is 65.3 Å². The lowest BCUT2D eigenvalue weighted by atomic mass is 10.1. The fourth-order valence-electron chi connectivity index (χ4n) is 3.04. The summed E-state index contributed by atoms with van der Waals surface area (Å²) in [4.78, 5) is 4.69. The molecule has 0 N–H and O–H groups in total. The molecule has 6 heteroatoms. The maximum atomic E-state index is 9.50. The van der Waals surface area contributed by atoms with Crippen molar-refractivity contribution in [1.29, 1.82) is 5.26 Å². The number of aryl methyl sites for hydroxylation is 1. The second kappa shape index (κ2) is 8.23. The van der Waals surface area contributed by atoms with E-state index in [1.807, 2.05) is 20.8 Å². The summed E-state index contributed by atoms with van der Waals surface area (Å²) in [7, 11) is 0. The molecule has 2 heterocycles. The third-order valence-electron chi connectivity index (χ3n) is 4.65. The molecule has 1 saturated heterocycles. The molecule has 0 radical (unpaired) electrons. The van der Waals surface area contributed by atoms with Crippen LogP contribution in [0.2, 0.25) is 0 Å². The van der Waals surface area contributed by atoms with Crippen molar-refractivity contribution in [1.82, 2.24) is 15.1 Å². The summed E-state index contributed by atoms with van der Waals surface area (Å²) in [5.74, 6) is 0.735. The maximum absolute atomic E-state index is 9.50. The molecule has 23 heavy (non-hydrogen) atoms. The summed E-state index contributed by atoms with van der Waals surface area (Å²) in [6.07, 6.45) is 1.07. The lowest BCUT2D eigenvalue weighted by Gasteiger charge is -2.41. The maximum Gasteiger partial charge on any atom is 0.169 e. The lowest BCUT2D eigenvalue weighted by Crippen LogP contribution is -2.54. The van der Waals surface area contributed by atoms with Crippen molar-refractivity contribution < 1.29 is 4.74 Å². The van der Waals surface area contributed by atoms with Crippen LogP contribution in [-0.2, 0) is 4.74 Å². The molecule has 1 aliphatic heterocycles. The van der Waals surface area contributed by atoms with Crippen LogP contribution in [0.25, 0.3) is 0 Å². The first-order valence-corrected chi connectivity index (χ1v) is 8.43. The van der Waals surface area contributed by atoms with Crippen molar-refractivity contribution >= 4 is 5.82 Å². The Morgan fingerprint density at radius 3 is 2.70 bits per heavy atom. The number of aromatic nitrogens is 2. The average molecular weight is 317 g/mol. The van der Waals surface area contributed by atoms with Gasteiger partial charge in [0, 0.05) is 38.8 Å². The van der Waals surface area contributed by atoms with Crippen molar-refractivity contribution in [2.24, 2.45) is 0 Å². The third kappa shape index (κ3) is 3.98. The van der Waals surface area contributed by atoms with Gasteiger partial charge in [-0.05, 0) is 32.8 Å².